The number of aromatic nitrogens is 2. The van der Waals surface area contributed by atoms with Gasteiger partial charge in [0, 0.05) is 40.3 Å². The zero-order chi connectivity index (χ0) is 18.5. The lowest BCUT2D eigenvalue weighted by atomic mass is 9.91. The summed E-state index contributed by atoms with van der Waals surface area (Å²) in [7, 11) is 1.70. The van der Waals surface area contributed by atoms with Crippen LogP contribution in [0.25, 0.3) is 10.6 Å². The minimum Gasteiger partial charge on any atom is -0.481 e. The van der Waals surface area contributed by atoms with Crippen LogP contribution in [0.15, 0.2) is 41.4 Å². The Hall–Kier alpha value is -1.76. The third-order valence-electron chi connectivity index (χ3n) is 5.33. The van der Waals surface area contributed by atoms with Crippen molar-refractivity contribution in [3.05, 3.63) is 51.8 Å². The van der Waals surface area contributed by atoms with Gasteiger partial charge in [-0.05, 0) is 62.2 Å². The molecule has 142 valence electrons. The molecule has 4 nitrogen and oxygen atoms in total. The molecule has 1 saturated heterocycles. The Morgan fingerprint density at radius 1 is 1.11 bits per heavy atom. The first kappa shape index (κ1) is 18.6. The van der Waals surface area contributed by atoms with Gasteiger partial charge in [-0.1, -0.05) is 6.07 Å². The summed E-state index contributed by atoms with van der Waals surface area (Å²) in [4.78, 5) is 12.8. The molecule has 27 heavy (non-hydrogen) atoms. The highest BCUT2D eigenvalue weighted by atomic mass is 32.1. The number of hydrogen-bond acceptors (Lipinski definition) is 6. The van der Waals surface area contributed by atoms with Gasteiger partial charge in [0.05, 0.1) is 7.11 Å². The molecular formula is C21H25N3OS2. The standard InChI is InChI=1S/C21H25N3OS2/c1-25-20-17(3-2-9-22-20)15-24-11-6-16(7-12-24)4-5-19-18(8-13-26-19)21-23-10-14-27-21/h2-3,8-10,13-14,16H,4-7,11-12,15H2,1H3. The number of thiazole rings is 1. The van der Waals surface area contributed by atoms with E-state index in [1.807, 2.05) is 23.6 Å². The second kappa shape index (κ2) is 8.95. The van der Waals surface area contributed by atoms with E-state index in [0.29, 0.717) is 0 Å². The van der Waals surface area contributed by atoms with Crippen molar-refractivity contribution < 1.29 is 4.74 Å². The topological polar surface area (TPSA) is 38.2 Å². The molecule has 4 rings (SSSR count). The molecule has 0 aromatic carbocycles. The van der Waals surface area contributed by atoms with Gasteiger partial charge in [-0.3, -0.25) is 4.90 Å². The van der Waals surface area contributed by atoms with Crippen LogP contribution >= 0.6 is 22.7 Å². The number of ether oxygens (including phenoxy) is 1. The predicted molar refractivity (Wildman–Crippen MR) is 113 cm³/mol. The zero-order valence-corrected chi connectivity index (χ0v) is 17.3. The number of thiophene rings is 1. The maximum Gasteiger partial charge on any atom is 0.217 e. The van der Waals surface area contributed by atoms with E-state index in [1.165, 1.54) is 41.7 Å². The molecule has 0 spiro atoms. The zero-order valence-electron chi connectivity index (χ0n) is 15.6. The molecule has 1 aliphatic rings. The second-order valence-corrected chi connectivity index (χ2v) is 8.92. The van der Waals surface area contributed by atoms with Crippen molar-refractivity contribution in [1.82, 2.24) is 14.9 Å². The van der Waals surface area contributed by atoms with Gasteiger partial charge in [0.15, 0.2) is 0 Å². The number of rotatable bonds is 7. The molecule has 0 aliphatic carbocycles. The molecule has 0 saturated carbocycles. The van der Waals surface area contributed by atoms with Gasteiger partial charge in [0.1, 0.15) is 5.01 Å². The molecule has 6 heteroatoms. The molecule has 0 N–H and O–H groups in total. The average molecular weight is 400 g/mol. The van der Waals surface area contributed by atoms with Crippen LogP contribution in [0.5, 0.6) is 5.88 Å². The molecule has 0 bridgehead atoms. The molecule has 1 aliphatic heterocycles. The van der Waals surface area contributed by atoms with Gasteiger partial charge in [0.25, 0.3) is 0 Å². The van der Waals surface area contributed by atoms with Crippen molar-refractivity contribution in [3.63, 3.8) is 0 Å². The summed E-state index contributed by atoms with van der Waals surface area (Å²) in [6.45, 7) is 3.25. The fourth-order valence-corrected chi connectivity index (χ4v) is 5.47. The summed E-state index contributed by atoms with van der Waals surface area (Å²) in [5.74, 6) is 1.58. The molecule has 1 fully saturated rings. The van der Waals surface area contributed by atoms with Crippen LogP contribution in [-0.2, 0) is 13.0 Å². The van der Waals surface area contributed by atoms with Crippen molar-refractivity contribution >= 4 is 22.7 Å². The number of hydrogen-bond donors (Lipinski definition) is 0. The fraction of sp³-hybridized carbons (Fsp3) is 0.429. The summed E-state index contributed by atoms with van der Waals surface area (Å²) < 4.78 is 5.39. The summed E-state index contributed by atoms with van der Waals surface area (Å²) in [6.07, 6.45) is 8.70. The fourth-order valence-electron chi connectivity index (χ4n) is 3.82. The largest absolute Gasteiger partial charge is 0.481 e. The van der Waals surface area contributed by atoms with E-state index in [9.17, 15) is 0 Å². The first-order valence-corrected chi connectivity index (χ1v) is 11.3. The SMILES string of the molecule is COc1ncccc1CN1CCC(CCc2sccc2-c2nccs2)CC1. The van der Waals surface area contributed by atoms with E-state index in [-0.39, 0.29) is 0 Å². The maximum atomic E-state index is 5.39. The molecular weight excluding hydrogens is 374 g/mol. The maximum absolute atomic E-state index is 5.39. The van der Waals surface area contributed by atoms with E-state index in [4.69, 9.17) is 4.74 Å². The van der Waals surface area contributed by atoms with Gasteiger partial charge < -0.3 is 4.74 Å². The van der Waals surface area contributed by atoms with Gasteiger partial charge >= 0.3 is 0 Å². The van der Waals surface area contributed by atoms with Gasteiger partial charge in [-0.25, -0.2) is 9.97 Å². The first-order chi connectivity index (χ1) is 13.3. The Morgan fingerprint density at radius 3 is 2.78 bits per heavy atom. The number of aryl methyl sites for hydroxylation is 1. The number of piperidine rings is 1. The van der Waals surface area contributed by atoms with Crippen molar-refractivity contribution in [2.24, 2.45) is 5.92 Å². The molecule has 0 atom stereocenters. The lowest BCUT2D eigenvalue weighted by Crippen LogP contribution is -2.33. The normalized spacial score (nSPS) is 15.9. The van der Waals surface area contributed by atoms with Crippen molar-refractivity contribution in [2.45, 2.75) is 32.2 Å². The van der Waals surface area contributed by atoms with Crippen molar-refractivity contribution in [1.29, 1.82) is 0 Å². The van der Waals surface area contributed by atoms with Crippen LogP contribution in [0, 0.1) is 5.92 Å². The van der Waals surface area contributed by atoms with E-state index >= 15 is 0 Å². The summed E-state index contributed by atoms with van der Waals surface area (Å²) >= 11 is 3.61. The van der Waals surface area contributed by atoms with Crippen LogP contribution in [-0.4, -0.2) is 35.1 Å². The molecule has 3 aromatic rings. The quantitative estimate of drug-likeness (QED) is 0.553. The van der Waals surface area contributed by atoms with Gasteiger partial charge in [-0.2, -0.15) is 0 Å². The predicted octanol–water partition coefficient (Wildman–Crippen LogP) is 5.12. The van der Waals surface area contributed by atoms with Crippen LogP contribution < -0.4 is 4.74 Å². The Morgan fingerprint density at radius 2 is 2.00 bits per heavy atom. The molecule has 4 heterocycles. The smallest absolute Gasteiger partial charge is 0.217 e. The van der Waals surface area contributed by atoms with Gasteiger partial charge in [-0.15, -0.1) is 22.7 Å². The van der Waals surface area contributed by atoms with Crippen molar-refractivity contribution in [2.75, 3.05) is 20.2 Å². The summed E-state index contributed by atoms with van der Waals surface area (Å²) in [5.41, 5.74) is 2.53. The minimum absolute atomic E-state index is 0.757. The summed E-state index contributed by atoms with van der Waals surface area (Å²) in [6, 6.07) is 6.34. The Kier molecular flexibility index (Phi) is 6.17. The average Bonchev–Trinajstić information content (AvgIpc) is 3.39. The molecule has 0 radical (unpaired) electrons. The lowest BCUT2D eigenvalue weighted by Gasteiger charge is -2.32. The molecule has 0 amide bonds. The van der Waals surface area contributed by atoms with E-state index < -0.39 is 0 Å². The Labute approximate surface area is 168 Å². The number of likely N-dealkylation sites (tertiary alicyclic amines) is 1. The van der Waals surface area contributed by atoms with Crippen LogP contribution in [0.3, 0.4) is 0 Å². The van der Waals surface area contributed by atoms with E-state index in [1.54, 1.807) is 24.6 Å². The Balaban J connectivity index is 1.27. The van der Waals surface area contributed by atoms with E-state index in [0.717, 1.165) is 36.4 Å². The highest BCUT2D eigenvalue weighted by molar-refractivity contribution is 7.14. The van der Waals surface area contributed by atoms with Gasteiger partial charge in [0.2, 0.25) is 5.88 Å². The van der Waals surface area contributed by atoms with Crippen molar-refractivity contribution in [3.8, 4) is 16.5 Å². The monoisotopic (exact) mass is 399 g/mol. The number of methoxy groups -OCH3 is 1. The van der Waals surface area contributed by atoms with Crippen LogP contribution in [0.1, 0.15) is 29.7 Å². The molecule has 0 unspecified atom stereocenters. The Bertz CT molecular complexity index is 839. The van der Waals surface area contributed by atoms with Crippen LogP contribution in [0.2, 0.25) is 0 Å². The highest BCUT2D eigenvalue weighted by Gasteiger charge is 2.21. The third kappa shape index (κ3) is 4.57. The second-order valence-electron chi connectivity index (χ2n) is 7.02. The minimum atomic E-state index is 0.757. The number of nitrogens with zero attached hydrogens (tertiary/aromatic N) is 3. The third-order valence-corrected chi connectivity index (χ3v) is 7.12. The van der Waals surface area contributed by atoms with Crippen LogP contribution in [0.4, 0.5) is 0 Å². The first-order valence-electron chi connectivity index (χ1n) is 9.50. The number of pyridine rings is 1. The highest BCUT2D eigenvalue weighted by Crippen LogP contribution is 2.33. The summed E-state index contributed by atoms with van der Waals surface area (Å²) in [5, 5.41) is 5.42. The molecule has 3 aromatic heterocycles. The van der Waals surface area contributed by atoms with E-state index in [2.05, 4.69) is 37.8 Å². The lowest BCUT2D eigenvalue weighted by molar-refractivity contribution is 0.170.